The summed E-state index contributed by atoms with van der Waals surface area (Å²) in [5.74, 6) is 0.0344. The Bertz CT molecular complexity index is 653. The number of carbonyl (C=O) groups excluding carboxylic acids is 1. The molecule has 4 nitrogen and oxygen atoms in total. The Morgan fingerprint density at radius 1 is 1.40 bits per heavy atom. The number of hydrogen-bond acceptors (Lipinski definition) is 3. The van der Waals surface area contributed by atoms with Gasteiger partial charge >= 0.3 is 0 Å². The Morgan fingerprint density at radius 3 is 3.00 bits per heavy atom. The summed E-state index contributed by atoms with van der Waals surface area (Å²) in [6.07, 6.45) is 0. The van der Waals surface area contributed by atoms with Gasteiger partial charge in [-0.15, -0.1) is 0 Å². The van der Waals surface area contributed by atoms with Gasteiger partial charge in [-0.3, -0.25) is 4.79 Å². The predicted molar refractivity (Wildman–Crippen MR) is 79.8 cm³/mol. The molecule has 0 bridgehead atoms. The second kappa shape index (κ2) is 5.21. The second-order valence-corrected chi connectivity index (χ2v) is 5.45. The van der Waals surface area contributed by atoms with Crippen LogP contribution in [0.4, 0.5) is 0 Å². The van der Waals surface area contributed by atoms with E-state index >= 15 is 0 Å². The summed E-state index contributed by atoms with van der Waals surface area (Å²) in [5.41, 5.74) is 2.54. The third-order valence-corrected chi connectivity index (χ3v) is 3.80. The Labute approximate surface area is 118 Å². The van der Waals surface area contributed by atoms with Crippen LogP contribution in [0.25, 0.3) is 10.9 Å². The van der Waals surface area contributed by atoms with Gasteiger partial charge in [0.15, 0.2) is 0 Å². The summed E-state index contributed by atoms with van der Waals surface area (Å²) in [4.78, 5) is 19.0. The first-order valence-electron chi connectivity index (χ1n) is 7.04. The second-order valence-electron chi connectivity index (χ2n) is 5.45. The zero-order valence-corrected chi connectivity index (χ0v) is 11.9. The van der Waals surface area contributed by atoms with E-state index in [2.05, 4.69) is 17.2 Å². The van der Waals surface area contributed by atoms with Gasteiger partial charge in [0.2, 0.25) is 0 Å². The highest BCUT2D eigenvalue weighted by Gasteiger charge is 2.23. The van der Waals surface area contributed by atoms with Gasteiger partial charge in [0.05, 0.1) is 5.52 Å². The van der Waals surface area contributed by atoms with E-state index in [0.717, 1.165) is 36.1 Å². The third-order valence-electron chi connectivity index (χ3n) is 3.80. The summed E-state index contributed by atoms with van der Waals surface area (Å²) < 4.78 is 0. The van der Waals surface area contributed by atoms with Gasteiger partial charge in [0, 0.05) is 31.1 Å². The highest BCUT2D eigenvalue weighted by atomic mass is 16.2. The molecule has 104 valence electrons. The lowest BCUT2D eigenvalue weighted by Crippen LogP contribution is -2.51. The van der Waals surface area contributed by atoms with Gasteiger partial charge in [-0.2, -0.15) is 0 Å². The van der Waals surface area contributed by atoms with Crippen LogP contribution in [0.5, 0.6) is 0 Å². The lowest BCUT2D eigenvalue weighted by atomic mass is 10.1. The molecule has 1 atom stereocenters. The van der Waals surface area contributed by atoms with Crippen molar-refractivity contribution in [3.8, 4) is 0 Å². The molecule has 0 radical (unpaired) electrons. The largest absolute Gasteiger partial charge is 0.334 e. The molecule has 0 saturated carbocycles. The number of carbonyl (C=O) groups is 1. The molecule has 2 heterocycles. The SMILES string of the molecule is Cc1cc(C(=O)N2CCN[C@H](C)C2)nc2ccccc12. The molecule has 20 heavy (non-hydrogen) atoms. The fourth-order valence-electron chi connectivity index (χ4n) is 2.74. The number of aromatic nitrogens is 1. The zero-order valence-electron chi connectivity index (χ0n) is 11.9. The van der Waals surface area contributed by atoms with E-state index < -0.39 is 0 Å². The minimum absolute atomic E-state index is 0.0344. The highest BCUT2D eigenvalue weighted by molar-refractivity contribution is 5.96. The first kappa shape index (κ1) is 13.1. The van der Waals surface area contributed by atoms with Crippen LogP contribution in [-0.4, -0.2) is 41.5 Å². The number of nitrogens with one attached hydrogen (secondary N) is 1. The van der Waals surface area contributed by atoms with Crippen molar-refractivity contribution in [1.82, 2.24) is 15.2 Å². The summed E-state index contributed by atoms with van der Waals surface area (Å²) >= 11 is 0. The van der Waals surface area contributed by atoms with Crippen LogP contribution in [0.2, 0.25) is 0 Å². The average molecular weight is 269 g/mol. The number of pyridine rings is 1. The molecule has 0 aliphatic carbocycles. The fraction of sp³-hybridized carbons (Fsp3) is 0.375. The van der Waals surface area contributed by atoms with Gasteiger partial charge in [-0.25, -0.2) is 4.98 Å². The molecule has 0 spiro atoms. The van der Waals surface area contributed by atoms with Gasteiger partial charge in [-0.05, 0) is 31.5 Å². The predicted octanol–water partition coefficient (Wildman–Crippen LogP) is 1.98. The monoisotopic (exact) mass is 269 g/mol. The average Bonchev–Trinajstić information content (AvgIpc) is 2.46. The van der Waals surface area contributed by atoms with E-state index in [0.29, 0.717) is 11.7 Å². The molecule has 1 fully saturated rings. The number of nitrogens with zero attached hydrogens (tertiary/aromatic N) is 2. The van der Waals surface area contributed by atoms with E-state index in [1.165, 1.54) is 0 Å². The number of piperazine rings is 1. The van der Waals surface area contributed by atoms with E-state index in [4.69, 9.17) is 0 Å². The van der Waals surface area contributed by atoms with Crippen molar-refractivity contribution in [2.45, 2.75) is 19.9 Å². The first-order valence-corrected chi connectivity index (χ1v) is 7.04. The Kier molecular flexibility index (Phi) is 3.40. The van der Waals surface area contributed by atoms with Crippen molar-refractivity contribution in [1.29, 1.82) is 0 Å². The lowest BCUT2D eigenvalue weighted by molar-refractivity contribution is 0.0703. The van der Waals surface area contributed by atoms with Crippen molar-refractivity contribution in [2.24, 2.45) is 0 Å². The topological polar surface area (TPSA) is 45.2 Å². The number of hydrogen-bond donors (Lipinski definition) is 1. The molecule has 1 aromatic heterocycles. The molecular weight excluding hydrogens is 250 g/mol. The summed E-state index contributed by atoms with van der Waals surface area (Å²) in [7, 11) is 0. The molecule has 1 aliphatic rings. The molecule has 1 N–H and O–H groups in total. The Hall–Kier alpha value is -1.94. The summed E-state index contributed by atoms with van der Waals surface area (Å²) in [5, 5.41) is 4.45. The molecule has 1 aromatic carbocycles. The van der Waals surface area contributed by atoms with Crippen LogP contribution < -0.4 is 5.32 Å². The molecule has 1 saturated heterocycles. The molecule has 1 amide bonds. The molecule has 2 aromatic rings. The molecular formula is C16H19N3O. The number of para-hydroxylation sites is 1. The maximum absolute atomic E-state index is 12.6. The van der Waals surface area contributed by atoms with E-state index in [1.54, 1.807) is 0 Å². The first-order chi connectivity index (χ1) is 9.65. The zero-order chi connectivity index (χ0) is 14.1. The number of rotatable bonds is 1. The quantitative estimate of drug-likeness (QED) is 0.861. The van der Waals surface area contributed by atoms with Crippen LogP contribution in [0.1, 0.15) is 23.0 Å². The van der Waals surface area contributed by atoms with Gasteiger partial charge in [0.1, 0.15) is 5.69 Å². The molecule has 0 unspecified atom stereocenters. The lowest BCUT2D eigenvalue weighted by Gasteiger charge is -2.31. The smallest absolute Gasteiger partial charge is 0.272 e. The fourth-order valence-corrected chi connectivity index (χ4v) is 2.74. The molecule has 4 heteroatoms. The van der Waals surface area contributed by atoms with Gasteiger partial charge in [-0.1, -0.05) is 18.2 Å². The standard InChI is InChI=1S/C16H19N3O/c1-11-9-15(18-14-6-4-3-5-13(11)14)16(20)19-8-7-17-12(2)10-19/h3-6,9,12,17H,7-8,10H2,1-2H3/t12-/m1/s1. The van der Waals surface area contributed by atoms with E-state index in [-0.39, 0.29) is 5.91 Å². The molecule has 3 rings (SSSR count). The summed E-state index contributed by atoms with van der Waals surface area (Å²) in [6.45, 7) is 6.46. The minimum atomic E-state index is 0.0344. The van der Waals surface area contributed by atoms with Crippen LogP contribution >= 0.6 is 0 Å². The maximum Gasteiger partial charge on any atom is 0.272 e. The van der Waals surface area contributed by atoms with Gasteiger partial charge < -0.3 is 10.2 Å². The third kappa shape index (κ3) is 2.39. The highest BCUT2D eigenvalue weighted by Crippen LogP contribution is 2.18. The van der Waals surface area contributed by atoms with Crippen LogP contribution in [0.15, 0.2) is 30.3 Å². The number of fused-ring (bicyclic) bond motifs is 1. The van der Waals surface area contributed by atoms with Crippen LogP contribution in [0, 0.1) is 6.92 Å². The van der Waals surface area contributed by atoms with Gasteiger partial charge in [0.25, 0.3) is 5.91 Å². The Morgan fingerprint density at radius 2 is 2.20 bits per heavy atom. The van der Waals surface area contributed by atoms with E-state index in [9.17, 15) is 4.79 Å². The minimum Gasteiger partial charge on any atom is -0.334 e. The van der Waals surface area contributed by atoms with Crippen molar-refractivity contribution in [3.63, 3.8) is 0 Å². The number of amides is 1. The normalized spacial score (nSPS) is 19.3. The van der Waals surface area contributed by atoms with E-state index in [1.807, 2.05) is 42.2 Å². The van der Waals surface area contributed by atoms with Crippen molar-refractivity contribution in [3.05, 3.63) is 41.6 Å². The number of aryl methyl sites for hydroxylation is 1. The maximum atomic E-state index is 12.6. The van der Waals surface area contributed by atoms with Crippen LogP contribution in [-0.2, 0) is 0 Å². The van der Waals surface area contributed by atoms with Crippen molar-refractivity contribution >= 4 is 16.8 Å². The van der Waals surface area contributed by atoms with Crippen molar-refractivity contribution in [2.75, 3.05) is 19.6 Å². The van der Waals surface area contributed by atoms with Crippen LogP contribution in [0.3, 0.4) is 0 Å². The summed E-state index contributed by atoms with van der Waals surface area (Å²) in [6, 6.07) is 10.2. The number of benzene rings is 1. The Balaban J connectivity index is 1.95. The molecule has 1 aliphatic heterocycles. The van der Waals surface area contributed by atoms with Crippen molar-refractivity contribution < 1.29 is 4.79 Å².